The molecule has 11 heteroatoms. The van der Waals surface area contributed by atoms with Crippen molar-refractivity contribution < 1.29 is 23.9 Å². The molecule has 0 saturated heterocycles. The number of ether oxygens (including phenoxy) is 2. The number of aryl methyl sites for hydroxylation is 1. The van der Waals surface area contributed by atoms with Gasteiger partial charge in [-0.25, -0.2) is 4.98 Å². The van der Waals surface area contributed by atoms with Crippen molar-refractivity contribution in [3.63, 3.8) is 0 Å². The van der Waals surface area contributed by atoms with E-state index in [0.29, 0.717) is 43.0 Å². The Bertz CT molecular complexity index is 1660. The monoisotopic (exact) mass is 612 g/mol. The van der Waals surface area contributed by atoms with E-state index in [2.05, 4.69) is 15.6 Å². The summed E-state index contributed by atoms with van der Waals surface area (Å²) in [6.45, 7) is 4.95. The molecule has 1 atom stereocenters. The van der Waals surface area contributed by atoms with Gasteiger partial charge in [-0.1, -0.05) is 30.3 Å². The number of methoxy groups -OCH3 is 1. The molecule has 0 fully saturated rings. The van der Waals surface area contributed by atoms with Crippen molar-refractivity contribution in [1.82, 2.24) is 29.7 Å². The van der Waals surface area contributed by atoms with Gasteiger partial charge in [-0.05, 0) is 50.1 Å². The Morgan fingerprint density at radius 3 is 2.62 bits per heavy atom. The van der Waals surface area contributed by atoms with Gasteiger partial charge in [0.2, 0.25) is 11.8 Å². The van der Waals surface area contributed by atoms with Crippen molar-refractivity contribution in [2.24, 2.45) is 7.05 Å². The number of aromatic nitrogens is 3. The predicted octanol–water partition coefficient (Wildman–Crippen LogP) is 3.28. The molecule has 11 nitrogen and oxygen atoms in total. The molecule has 1 aliphatic heterocycles. The number of fused-ring (bicyclic) bond motifs is 4. The van der Waals surface area contributed by atoms with Crippen LogP contribution < -0.4 is 20.1 Å². The Balaban J connectivity index is 1.45. The molecule has 3 amide bonds. The number of carbonyl (C=O) groups excluding carboxylic acids is 3. The van der Waals surface area contributed by atoms with Crippen molar-refractivity contribution >= 4 is 17.7 Å². The molecule has 4 aromatic rings. The Morgan fingerprint density at radius 2 is 1.89 bits per heavy atom. The van der Waals surface area contributed by atoms with Crippen LogP contribution in [-0.2, 0) is 29.6 Å². The second kappa shape index (κ2) is 14.1. The van der Waals surface area contributed by atoms with Gasteiger partial charge in [-0.3, -0.25) is 14.4 Å². The molecule has 45 heavy (non-hydrogen) atoms. The fourth-order valence-electron chi connectivity index (χ4n) is 5.51. The van der Waals surface area contributed by atoms with Gasteiger partial charge in [0.05, 0.1) is 25.8 Å². The topological polar surface area (TPSA) is 120 Å². The van der Waals surface area contributed by atoms with Crippen LogP contribution in [0.2, 0.25) is 0 Å². The lowest BCUT2D eigenvalue weighted by Crippen LogP contribution is -2.51. The first-order valence-electron chi connectivity index (χ1n) is 15.1. The summed E-state index contributed by atoms with van der Waals surface area (Å²) >= 11 is 0. The second-order valence-corrected chi connectivity index (χ2v) is 11.2. The van der Waals surface area contributed by atoms with Gasteiger partial charge >= 0.3 is 0 Å². The summed E-state index contributed by atoms with van der Waals surface area (Å²) in [7, 11) is 3.49. The highest BCUT2D eigenvalue weighted by atomic mass is 16.5. The first kappa shape index (κ1) is 31.4. The second-order valence-electron chi connectivity index (χ2n) is 11.2. The van der Waals surface area contributed by atoms with E-state index in [4.69, 9.17) is 9.47 Å². The minimum Gasteiger partial charge on any atom is -0.493 e. The molecular weight excluding hydrogens is 572 g/mol. The number of hydrogen-bond donors (Lipinski definition) is 2. The molecule has 3 heterocycles. The number of rotatable bonds is 4. The van der Waals surface area contributed by atoms with E-state index < -0.39 is 11.9 Å². The van der Waals surface area contributed by atoms with Crippen LogP contribution in [0.4, 0.5) is 0 Å². The average molecular weight is 613 g/mol. The van der Waals surface area contributed by atoms with E-state index in [9.17, 15) is 14.4 Å². The molecule has 2 aromatic heterocycles. The van der Waals surface area contributed by atoms with Crippen molar-refractivity contribution in [2.75, 3.05) is 33.4 Å². The van der Waals surface area contributed by atoms with Crippen LogP contribution in [-0.4, -0.2) is 76.1 Å². The zero-order chi connectivity index (χ0) is 31.9. The van der Waals surface area contributed by atoms with Crippen LogP contribution in [0.5, 0.6) is 11.5 Å². The minimum absolute atomic E-state index is 0.206. The highest BCUT2D eigenvalue weighted by Gasteiger charge is 2.26. The van der Waals surface area contributed by atoms with Gasteiger partial charge in [-0.15, -0.1) is 0 Å². The number of nitrogens with zero attached hydrogens (tertiary/aromatic N) is 4. The zero-order valence-electron chi connectivity index (χ0n) is 26.2. The van der Waals surface area contributed by atoms with Gasteiger partial charge in [0, 0.05) is 62.4 Å². The molecule has 2 aromatic carbocycles. The number of carbonyl (C=O) groups is 3. The zero-order valence-corrected chi connectivity index (χ0v) is 26.2. The van der Waals surface area contributed by atoms with Gasteiger partial charge in [0.25, 0.3) is 5.91 Å². The average Bonchev–Trinajstić information content (AvgIpc) is 3.61. The highest BCUT2D eigenvalue weighted by Crippen LogP contribution is 2.32. The summed E-state index contributed by atoms with van der Waals surface area (Å²) in [4.78, 5) is 46.9. The van der Waals surface area contributed by atoms with Crippen molar-refractivity contribution in [2.45, 2.75) is 39.3 Å². The van der Waals surface area contributed by atoms with Crippen LogP contribution in [0.15, 0.2) is 67.0 Å². The molecule has 5 rings (SSSR count). The summed E-state index contributed by atoms with van der Waals surface area (Å²) in [6, 6.07) is 16.2. The van der Waals surface area contributed by atoms with Crippen LogP contribution in [0.3, 0.4) is 0 Å². The molecule has 0 saturated carbocycles. The number of benzene rings is 2. The smallest absolute Gasteiger partial charge is 0.256 e. The quantitative estimate of drug-likeness (QED) is 0.365. The Labute approximate surface area is 263 Å². The third-order valence-electron chi connectivity index (χ3n) is 8.18. The maximum absolute atomic E-state index is 13.8. The fraction of sp³-hybridized carbons (Fsp3) is 0.353. The molecule has 2 bridgehead atoms. The predicted molar refractivity (Wildman–Crippen MR) is 170 cm³/mol. The third-order valence-corrected chi connectivity index (χ3v) is 8.18. The first-order valence-corrected chi connectivity index (χ1v) is 15.1. The lowest BCUT2D eigenvalue weighted by Gasteiger charge is -2.25. The van der Waals surface area contributed by atoms with E-state index in [1.165, 1.54) is 4.90 Å². The summed E-state index contributed by atoms with van der Waals surface area (Å²) in [5.41, 5.74) is 4.04. The van der Waals surface area contributed by atoms with Gasteiger partial charge in [-0.2, -0.15) is 0 Å². The van der Waals surface area contributed by atoms with Crippen molar-refractivity contribution in [1.29, 1.82) is 0 Å². The fourth-order valence-corrected chi connectivity index (χ4v) is 5.51. The number of imidazole rings is 1. The van der Waals surface area contributed by atoms with E-state index in [1.807, 2.05) is 90.8 Å². The Kier molecular flexibility index (Phi) is 9.86. The van der Waals surface area contributed by atoms with Crippen LogP contribution in [0.25, 0.3) is 11.4 Å². The third kappa shape index (κ3) is 7.36. The van der Waals surface area contributed by atoms with Gasteiger partial charge in [0.15, 0.2) is 11.5 Å². The summed E-state index contributed by atoms with van der Waals surface area (Å²) in [5, 5.41) is 5.88. The Hall–Kier alpha value is -5.06. The Morgan fingerprint density at radius 1 is 1.09 bits per heavy atom. The van der Waals surface area contributed by atoms with Crippen LogP contribution in [0.1, 0.15) is 33.7 Å². The number of nitrogens with one attached hydrogen (secondary N) is 2. The minimum atomic E-state index is -0.828. The first-order chi connectivity index (χ1) is 21.7. The number of amides is 3. The molecule has 2 N–H and O–H groups in total. The highest BCUT2D eigenvalue weighted by molar-refractivity contribution is 5.98. The van der Waals surface area contributed by atoms with E-state index in [-0.39, 0.29) is 31.5 Å². The van der Waals surface area contributed by atoms with Crippen LogP contribution in [0, 0.1) is 13.8 Å². The summed E-state index contributed by atoms with van der Waals surface area (Å²) in [6.07, 6.45) is 4.34. The molecule has 0 radical (unpaired) electrons. The van der Waals surface area contributed by atoms with Crippen LogP contribution >= 0.6 is 0 Å². The maximum Gasteiger partial charge on any atom is 0.256 e. The lowest BCUT2D eigenvalue weighted by atomic mass is 10.1. The molecule has 0 unspecified atom stereocenters. The summed E-state index contributed by atoms with van der Waals surface area (Å²) < 4.78 is 15.6. The lowest BCUT2D eigenvalue weighted by molar-refractivity contribution is -0.129. The largest absolute Gasteiger partial charge is 0.493 e. The maximum atomic E-state index is 13.8. The number of hydrogen-bond acceptors (Lipinski definition) is 6. The van der Waals surface area contributed by atoms with E-state index in [0.717, 1.165) is 28.3 Å². The van der Waals surface area contributed by atoms with Crippen molar-refractivity contribution in [3.05, 3.63) is 89.5 Å². The van der Waals surface area contributed by atoms with Gasteiger partial charge in [0.1, 0.15) is 11.9 Å². The van der Waals surface area contributed by atoms with E-state index >= 15 is 0 Å². The van der Waals surface area contributed by atoms with Gasteiger partial charge < -0.3 is 34.1 Å². The molecule has 236 valence electrons. The summed E-state index contributed by atoms with van der Waals surface area (Å²) in [5.74, 6) is 0.868. The molecule has 1 aliphatic rings. The standard InChI is InChI=1S/C34H40N6O5/c1-23-19-27(24(2)38(23)3)34(43)40-15-8-18-45-30-21-26(11-12-29(30)44-4)32-35-13-16-39(32)17-14-36-33(42)28(37-31(41)22-40)20-25-9-6-5-7-10-25/h5-7,9-13,16,19,21,28H,8,14-15,17-18,20,22H2,1-4H3,(H,36,42)(H,37,41)/t28-/m0/s1. The molecule has 0 spiro atoms. The van der Waals surface area contributed by atoms with Crippen molar-refractivity contribution in [3.8, 4) is 22.9 Å². The SMILES string of the molecule is COc1ccc2cc1OCCCN(C(=O)c1cc(C)n(C)c1C)CC(=O)N[C@@H](Cc1ccccc1)C(=O)NCCn1ccnc1-2. The molecular formula is C34H40N6O5. The molecule has 0 aliphatic carbocycles. The van der Waals surface area contributed by atoms with E-state index in [1.54, 1.807) is 13.3 Å². The normalized spacial score (nSPS) is 16.4.